The summed E-state index contributed by atoms with van der Waals surface area (Å²) in [7, 11) is 1.64. The standard InChI is InChI=1S/C13H17N3O/c1-17-12-4-2-3-11(9-12)16-13(10-14)5-7-15-8-6-13/h2-4,9,15-16H,5-8H2,1H3. The first-order valence-electron chi connectivity index (χ1n) is 5.82. The van der Waals surface area contributed by atoms with Crippen LogP contribution in [-0.2, 0) is 0 Å². The molecule has 0 bridgehead atoms. The van der Waals surface area contributed by atoms with Gasteiger partial charge in [-0.2, -0.15) is 5.26 Å². The molecule has 0 aliphatic carbocycles. The molecule has 17 heavy (non-hydrogen) atoms. The molecular formula is C13H17N3O. The molecule has 1 fully saturated rings. The number of nitrogens with zero attached hydrogens (tertiary/aromatic N) is 1. The number of benzene rings is 1. The summed E-state index contributed by atoms with van der Waals surface area (Å²) in [4.78, 5) is 0. The molecule has 4 nitrogen and oxygen atoms in total. The van der Waals surface area contributed by atoms with Gasteiger partial charge in [0.25, 0.3) is 0 Å². The minimum Gasteiger partial charge on any atom is -0.497 e. The highest BCUT2D eigenvalue weighted by atomic mass is 16.5. The average molecular weight is 231 g/mol. The maximum Gasteiger partial charge on any atom is 0.127 e. The van der Waals surface area contributed by atoms with E-state index in [0.29, 0.717) is 0 Å². The first-order chi connectivity index (χ1) is 8.28. The molecule has 1 heterocycles. The maximum absolute atomic E-state index is 9.36. The zero-order valence-electron chi connectivity index (χ0n) is 9.99. The van der Waals surface area contributed by atoms with E-state index in [2.05, 4.69) is 16.7 Å². The SMILES string of the molecule is COc1cccc(NC2(C#N)CCNCC2)c1. The van der Waals surface area contributed by atoms with E-state index in [0.717, 1.165) is 37.4 Å². The van der Waals surface area contributed by atoms with Gasteiger partial charge in [-0.05, 0) is 38.1 Å². The van der Waals surface area contributed by atoms with Crippen LogP contribution in [0.2, 0.25) is 0 Å². The van der Waals surface area contributed by atoms with Gasteiger partial charge in [-0.15, -0.1) is 0 Å². The van der Waals surface area contributed by atoms with Crippen molar-refractivity contribution in [1.82, 2.24) is 5.32 Å². The zero-order chi connectivity index (χ0) is 12.1. The van der Waals surface area contributed by atoms with Crippen molar-refractivity contribution in [2.75, 3.05) is 25.5 Å². The van der Waals surface area contributed by atoms with Gasteiger partial charge in [0.15, 0.2) is 0 Å². The first-order valence-corrected chi connectivity index (χ1v) is 5.82. The summed E-state index contributed by atoms with van der Waals surface area (Å²) in [6, 6.07) is 10.1. The van der Waals surface area contributed by atoms with Crippen molar-refractivity contribution in [1.29, 1.82) is 5.26 Å². The molecule has 0 unspecified atom stereocenters. The molecular weight excluding hydrogens is 214 g/mol. The van der Waals surface area contributed by atoms with Gasteiger partial charge in [0.1, 0.15) is 11.3 Å². The molecule has 1 aromatic carbocycles. The normalized spacial score (nSPS) is 18.1. The van der Waals surface area contributed by atoms with E-state index in [1.807, 2.05) is 24.3 Å². The van der Waals surface area contributed by atoms with Crippen LogP contribution in [0.25, 0.3) is 0 Å². The second kappa shape index (κ2) is 5.07. The lowest BCUT2D eigenvalue weighted by atomic mass is 9.89. The topological polar surface area (TPSA) is 57.1 Å². The van der Waals surface area contributed by atoms with Crippen LogP contribution in [0.1, 0.15) is 12.8 Å². The molecule has 0 spiro atoms. The van der Waals surface area contributed by atoms with Crippen molar-refractivity contribution in [3.8, 4) is 11.8 Å². The van der Waals surface area contributed by atoms with Crippen LogP contribution in [-0.4, -0.2) is 25.7 Å². The van der Waals surface area contributed by atoms with E-state index in [-0.39, 0.29) is 0 Å². The Kier molecular flexibility index (Phi) is 3.50. The number of hydrogen-bond acceptors (Lipinski definition) is 4. The van der Waals surface area contributed by atoms with E-state index in [9.17, 15) is 5.26 Å². The molecule has 0 aromatic heterocycles. The maximum atomic E-state index is 9.36. The molecule has 2 N–H and O–H groups in total. The molecule has 2 rings (SSSR count). The van der Waals surface area contributed by atoms with Crippen molar-refractivity contribution >= 4 is 5.69 Å². The van der Waals surface area contributed by atoms with Crippen LogP contribution in [0.3, 0.4) is 0 Å². The molecule has 0 amide bonds. The number of ether oxygens (including phenoxy) is 1. The summed E-state index contributed by atoms with van der Waals surface area (Å²) < 4.78 is 5.18. The van der Waals surface area contributed by atoms with Crippen molar-refractivity contribution in [2.24, 2.45) is 0 Å². The van der Waals surface area contributed by atoms with Crippen molar-refractivity contribution < 1.29 is 4.74 Å². The summed E-state index contributed by atoms with van der Waals surface area (Å²) in [6.45, 7) is 1.76. The Hall–Kier alpha value is -1.73. The Balaban J connectivity index is 2.15. The summed E-state index contributed by atoms with van der Waals surface area (Å²) in [5, 5.41) is 16.0. The lowest BCUT2D eigenvalue weighted by molar-refractivity contribution is 0.406. The summed E-state index contributed by atoms with van der Waals surface area (Å²) in [6.07, 6.45) is 1.64. The highest BCUT2D eigenvalue weighted by molar-refractivity contribution is 5.51. The zero-order valence-corrected chi connectivity index (χ0v) is 9.99. The van der Waals surface area contributed by atoms with Crippen molar-refractivity contribution in [3.63, 3.8) is 0 Å². The fourth-order valence-electron chi connectivity index (χ4n) is 2.10. The minimum atomic E-state index is -0.447. The predicted octanol–water partition coefficient (Wildman–Crippen LogP) is 1.75. The highest BCUT2D eigenvalue weighted by Crippen LogP contribution is 2.25. The Labute approximate surface area is 102 Å². The largest absolute Gasteiger partial charge is 0.497 e. The van der Waals surface area contributed by atoms with Crippen LogP contribution in [0.15, 0.2) is 24.3 Å². The molecule has 1 aliphatic rings. The average Bonchev–Trinajstić information content (AvgIpc) is 2.40. The van der Waals surface area contributed by atoms with Gasteiger partial charge in [-0.25, -0.2) is 0 Å². The summed E-state index contributed by atoms with van der Waals surface area (Å²) >= 11 is 0. The van der Waals surface area contributed by atoms with Crippen LogP contribution in [0, 0.1) is 11.3 Å². The van der Waals surface area contributed by atoms with Crippen molar-refractivity contribution in [2.45, 2.75) is 18.4 Å². The van der Waals surface area contributed by atoms with Gasteiger partial charge < -0.3 is 15.4 Å². The van der Waals surface area contributed by atoms with Gasteiger partial charge in [0, 0.05) is 11.8 Å². The molecule has 1 saturated heterocycles. The number of rotatable bonds is 3. The van der Waals surface area contributed by atoms with Crippen LogP contribution in [0.5, 0.6) is 5.75 Å². The van der Waals surface area contributed by atoms with E-state index in [4.69, 9.17) is 4.74 Å². The van der Waals surface area contributed by atoms with E-state index in [1.54, 1.807) is 7.11 Å². The molecule has 1 aromatic rings. The molecule has 4 heteroatoms. The number of methoxy groups -OCH3 is 1. The fraction of sp³-hybridized carbons (Fsp3) is 0.462. The van der Waals surface area contributed by atoms with Crippen LogP contribution >= 0.6 is 0 Å². The van der Waals surface area contributed by atoms with Gasteiger partial charge in [0.2, 0.25) is 0 Å². The van der Waals surface area contributed by atoms with E-state index in [1.165, 1.54) is 0 Å². The van der Waals surface area contributed by atoms with Gasteiger partial charge in [-0.3, -0.25) is 0 Å². The predicted molar refractivity (Wildman–Crippen MR) is 67.1 cm³/mol. The Bertz CT molecular complexity index is 419. The second-order valence-corrected chi connectivity index (χ2v) is 4.30. The lowest BCUT2D eigenvalue weighted by Gasteiger charge is -2.33. The van der Waals surface area contributed by atoms with E-state index >= 15 is 0 Å². The summed E-state index contributed by atoms with van der Waals surface area (Å²) in [5.74, 6) is 0.803. The third-order valence-corrected chi connectivity index (χ3v) is 3.12. The quantitative estimate of drug-likeness (QED) is 0.832. The molecule has 90 valence electrons. The monoisotopic (exact) mass is 231 g/mol. The fourth-order valence-corrected chi connectivity index (χ4v) is 2.10. The number of piperidine rings is 1. The Morgan fingerprint density at radius 3 is 2.82 bits per heavy atom. The van der Waals surface area contributed by atoms with Gasteiger partial charge >= 0.3 is 0 Å². The van der Waals surface area contributed by atoms with E-state index < -0.39 is 5.54 Å². The lowest BCUT2D eigenvalue weighted by Crippen LogP contribution is -2.46. The summed E-state index contributed by atoms with van der Waals surface area (Å²) in [5.41, 5.74) is 0.491. The third-order valence-electron chi connectivity index (χ3n) is 3.12. The number of nitrogens with one attached hydrogen (secondary N) is 2. The van der Waals surface area contributed by atoms with Crippen LogP contribution in [0.4, 0.5) is 5.69 Å². The smallest absolute Gasteiger partial charge is 0.127 e. The minimum absolute atomic E-state index is 0.447. The van der Waals surface area contributed by atoms with Gasteiger partial charge in [-0.1, -0.05) is 6.07 Å². The molecule has 0 radical (unpaired) electrons. The number of hydrogen-bond donors (Lipinski definition) is 2. The number of anilines is 1. The molecule has 1 aliphatic heterocycles. The second-order valence-electron chi connectivity index (χ2n) is 4.30. The molecule has 0 atom stereocenters. The van der Waals surface area contributed by atoms with Gasteiger partial charge in [0.05, 0.1) is 13.2 Å². The Morgan fingerprint density at radius 1 is 1.41 bits per heavy atom. The first kappa shape index (κ1) is 11.7. The molecule has 0 saturated carbocycles. The van der Waals surface area contributed by atoms with Crippen LogP contribution < -0.4 is 15.4 Å². The van der Waals surface area contributed by atoms with Crippen molar-refractivity contribution in [3.05, 3.63) is 24.3 Å². The Morgan fingerprint density at radius 2 is 2.18 bits per heavy atom. The third kappa shape index (κ3) is 2.69. The number of nitriles is 1. The highest BCUT2D eigenvalue weighted by Gasteiger charge is 2.31.